The number of nitrogens with one attached hydrogen (secondary N) is 3. The number of benzene rings is 2. The van der Waals surface area contributed by atoms with Crippen LogP contribution in [0.2, 0.25) is 0 Å². The first-order valence-corrected chi connectivity index (χ1v) is 26.3. The monoisotopic (exact) mass is 1030 g/mol. The van der Waals surface area contributed by atoms with E-state index in [2.05, 4.69) is 81.5 Å². The molecule has 0 saturated heterocycles. The summed E-state index contributed by atoms with van der Waals surface area (Å²) in [6.45, 7) is 10.9. The molecule has 4 aliphatic rings. The van der Waals surface area contributed by atoms with E-state index < -0.39 is 18.3 Å². The van der Waals surface area contributed by atoms with E-state index in [1.54, 1.807) is 18.3 Å². The highest BCUT2D eigenvalue weighted by molar-refractivity contribution is 9.10. The minimum absolute atomic E-state index is 0.0859. The quantitative estimate of drug-likeness (QED) is 0.0699. The van der Waals surface area contributed by atoms with E-state index in [9.17, 15) is 24.6 Å². The molecule has 3 aromatic heterocycles. The summed E-state index contributed by atoms with van der Waals surface area (Å²) < 4.78 is 11.8. The highest BCUT2D eigenvalue weighted by Gasteiger charge is 2.66. The number of anilines is 4. The number of aromatic nitrogens is 4. The second-order valence-corrected chi connectivity index (χ2v) is 22.9. The van der Waals surface area contributed by atoms with Crippen LogP contribution in [0.3, 0.4) is 0 Å². The number of carbonyl (C=O) groups excluding carboxylic acids is 3. The predicted molar refractivity (Wildman–Crippen MR) is 274 cm³/mol. The lowest BCUT2D eigenvalue weighted by molar-refractivity contribution is -0.206. The molecule has 0 radical (unpaired) electrons. The Labute approximate surface area is 422 Å². The summed E-state index contributed by atoms with van der Waals surface area (Å²) in [5, 5.41) is 34.0. The van der Waals surface area contributed by atoms with Crippen molar-refractivity contribution in [3.05, 3.63) is 95.0 Å². The summed E-state index contributed by atoms with van der Waals surface area (Å²) in [6, 6.07) is 20.4. The van der Waals surface area contributed by atoms with Crippen molar-refractivity contribution in [1.82, 2.24) is 19.9 Å². The van der Waals surface area contributed by atoms with Gasteiger partial charge in [-0.3, -0.25) is 14.9 Å². The second kappa shape index (κ2) is 20.5. The normalized spacial score (nSPS) is 28.5. The van der Waals surface area contributed by atoms with Crippen molar-refractivity contribution in [1.29, 1.82) is 0 Å². The molecule has 5 aromatic rings. The van der Waals surface area contributed by atoms with Crippen LogP contribution in [-0.4, -0.2) is 73.5 Å². The van der Waals surface area contributed by atoms with Crippen LogP contribution in [0.4, 0.5) is 27.8 Å². The largest absolute Gasteiger partial charge is 0.469 e. The fourth-order valence-electron chi connectivity index (χ4n) is 13.0. The number of esters is 1. The Morgan fingerprint density at radius 3 is 2.44 bits per heavy atom. The summed E-state index contributed by atoms with van der Waals surface area (Å²) in [5.41, 5.74) is 2.54. The third kappa shape index (κ3) is 9.90. The Morgan fingerprint density at radius 2 is 1.70 bits per heavy atom. The molecule has 370 valence electrons. The molecule has 2 aromatic carbocycles. The van der Waals surface area contributed by atoms with Crippen molar-refractivity contribution in [2.75, 3.05) is 23.1 Å². The second-order valence-electron chi connectivity index (χ2n) is 20.8. The first-order valence-electron chi connectivity index (χ1n) is 24.7. The van der Waals surface area contributed by atoms with Crippen molar-refractivity contribution < 1.29 is 34.1 Å². The molecule has 11 unspecified atom stereocenters. The topological polar surface area (TPSA) is 198 Å². The molecule has 9 rings (SSSR count). The van der Waals surface area contributed by atoms with E-state index in [-0.39, 0.29) is 70.2 Å². The molecule has 3 heterocycles. The molecule has 11 atom stereocenters. The van der Waals surface area contributed by atoms with Gasteiger partial charge in [-0.2, -0.15) is 0 Å². The average Bonchev–Trinajstić information content (AvgIpc) is 3.71. The number of carbonyl (C=O) groups is 3. The van der Waals surface area contributed by atoms with Crippen LogP contribution < -0.4 is 16.0 Å². The first kappa shape index (κ1) is 49.8. The zero-order valence-corrected chi connectivity index (χ0v) is 43.1. The summed E-state index contributed by atoms with van der Waals surface area (Å²) in [6.07, 6.45) is 7.90. The number of para-hydroxylation sites is 1. The van der Waals surface area contributed by atoms with Gasteiger partial charge in [0.05, 0.1) is 36.0 Å². The maximum Gasteiger partial charge on any atom is 0.411 e. The zero-order valence-electron chi connectivity index (χ0n) is 40.7. The minimum Gasteiger partial charge on any atom is -0.469 e. The van der Waals surface area contributed by atoms with E-state index in [4.69, 9.17) is 14.5 Å². The molecular formula is C54H64BrN7O7S. The standard InChI is InChI=1S/C54H64BrN7O7S/c1-29(2)41-19-16-37-49(60-41)57-28-58-50(37)62-48-36(51(66)61-45-20-11-32(55)27-56-45)8-7-9-43(48)70-35-14-12-33(13-15-35)59-52(67)69-34-22-23-53(4)31(24-34)25-42(63)47-39-18-17-38(30(3)10-21-46(65)68-6)54(39,5)44(64)26-40(47)53/h7-9,11-16,19-20,27-31,34,38-40,42,44,47,63-64H,10,17-18,21-26H2,1-6H3,(H,59,67)(H,56,61,66)(H,57,58,60,62). The lowest BCUT2D eigenvalue weighted by Crippen LogP contribution is -2.62. The van der Waals surface area contributed by atoms with Crippen LogP contribution in [0.5, 0.6) is 0 Å². The number of rotatable bonds is 13. The molecule has 14 nitrogen and oxygen atoms in total. The molecule has 2 amide bonds. The van der Waals surface area contributed by atoms with Crippen molar-refractivity contribution in [2.24, 2.45) is 46.3 Å². The number of amides is 2. The zero-order chi connectivity index (χ0) is 49.5. The molecule has 0 bridgehead atoms. The third-order valence-electron chi connectivity index (χ3n) is 16.7. The van der Waals surface area contributed by atoms with Crippen LogP contribution in [-0.2, 0) is 14.3 Å². The van der Waals surface area contributed by atoms with Crippen LogP contribution in [0, 0.1) is 46.3 Å². The number of fused-ring (bicyclic) bond motifs is 6. The number of aliphatic hydroxyl groups is 2. The van der Waals surface area contributed by atoms with Crippen molar-refractivity contribution in [2.45, 2.75) is 126 Å². The number of halogens is 1. The SMILES string of the molecule is COC(=O)CCC(C)C1CCC2C3C(O)CC4CC(OC(=O)Nc5ccc(Sc6cccc(C(=O)Nc7ccc(Br)cn7)c6Nc6ncnc7nc(C(C)C)ccc67)cc5)CCC4(C)C3CC(O)C12C. The van der Waals surface area contributed by atoms with Gasteiger partial charge >= 0.3 is 12.1 Å². The number of methoxy groups -OCH3 is 1. The van der Waals surface area contributed by atoms with Gasteiger partial charge in [0.25, 0.3) is 5.91 Å². The van der Waals surface area contributed by atoms with Gasteiger partial charge in [0, 0.05) is 38.3 Å². The van der Waals surface area contributed by atoms with Crippen molar-refractivity contribution in [3.8, 4) is 0 Å². The number of nitrogens with zero attached hydrogens (tertiary/aromatic N) is 4. The minimum atomic E-state index is -0.525. The predicted octanol–water partition coefficient (Wildman–Crippen LogP) is 11.6. The lowest BCUT2D eigenvalue weighted by Gasteiger charge is -2.63. The van der Waals surface area contributed by atoms with Crippen LogP contribution in [0.15, 0.2) is 93.5 Å². The van der Waals surface area contributed by atoms with Gasteiger partial charge in [-0.05, 0) is 180 Å². The Bertz CT molecular complexity index is 2730. The molecule has 4 aliphatic carbocycles. The summed E-state index contributed by atoms with van der Waals surface area (Å²) in [5.74, 6) is 1.74. The first-order chi connectivity index (χ1) is 33.5. The van der Waals surface area contributed by atoms with E-state index in [1.807, 2.05) is 54.6 Å². The molecule has 0 spiro atoms. The Kier molecular flexibility index (Phi) is 14.6. The van der Waals surface area contributed by atoms with Crippen LogP contribution >= 0.6 is 27.7 Å². The Morgan fingerprint density at radius 1 is 0.900 bits per heavy atom. The Hall–Kier alpha value is -5.16. The van der Waals surface area contributed by atoms with Gasteiger partial charge in [-0.15, -0.1) is 0 Å². The number of hydrogen-bond donors (Lipinski definition) is 5. The van der Waals surface area contributed by atoms with Gasteiger partial charge in [0.15, 0.2) is 5.65 Å². The maximum atomic E-state index is 13.9. The van der Waals surface area contributed by atoms with Crippen LogP contribution in [0.1, 0.15) is 114 Å². The van der Waals surface area contributed by atoms with Crippen molar-refractivity contribution >= 4 is 79.7 Å². The Balaban J connectivity index is 0.856. The van der Waals surface area contributed by atoms with Crippen molar-refractivity contribution in [3.63, 3.8) is 0 Å². The average molecular weight is 1040 g/mol. The molecular weight excluding hydrogens is 971 g/mol. The highest BCUT2D eigenvalue weighted by Crippen LogP contribution is 2.68. The van der Waals surface area contributed by atoms with Gasteiger partial charge < -0.3 is 30.3 Å². The third-order valence-corrected chi connectivity index (χ3v) is 18.3. The summed E-state index contributed by atoms with van der Waals surface area (Å²) >= 11 is 4.85. The molecule has 5 N–H and O–H groups in total. The summed E-state index contributed by atoms with van der Waals surface area (Å²) in [7, 11) is 1.43. The van der Waals surface area contributed by atoms with E-state index in [0.717, 1.165) is 45.6 Å². The van der Waals surface area contributed by atoms with Gasteiger partial charge in [0.2, 0.25) is 0 Å². The number of hydrogen-bond acceptors (Lipinski definition) is 13. The number of aliphatic hydroxyl groups excluding tert-OH is 2. The van der Waals surface area contributed by atoms with E-state index >= 15 is 0 Å². The van der Waals surface area contributed by atoms with Gasteiger partial charge in [-0.1, -0.05) is 52.4 Å². The lowest BCUT2D eigenvalue weighted by atomic mass is 9.43. The fourth-order valence-corrected chi connectivity index (χ4v) is 14.1. The number of ether oxygens (including phenoxy) is 2. The van der Waals surface area contributed by atoms with E-state index in [1.165, 1.54) is 25.2 Å². The smallest absolute Gasteiger partial charge is 0.411 e. The fraction of sp³-hybridized carbons (Fsp3) is 0.500. The molecule has 70 heavy (non-hydrogen) atoms. The van der Waals surface area contributed by atoms with Gasteiger partial charge in [0.1, 0.15) is 24.1 Å². The molecule has 4 fully saturated rings. The highest BCUT2D eigenvalue weighted by atomic mass is 79.9. The molecule has 0 aliphatic heterocycles. The van der Waals surface area contributed by atoms with Gasteiger partial charge in [-0.25, -0.2) is 24.7 Å². The number of pyridine rings is 2. The summed E-state index contributed by atoms with van der Waals surface area (Å²) in [4.78, 5) is 59.1. The van der Waals surface area contributed by atoms with E-state index in [0.29, 0.717) is 71.7 Å². The maximum absolute atomic E-state index is 13.9. The molecule has 4 saturated carbocycles. The van der Waals surface area contributed by atoms with Crippen LogP contribution in [0.25, 0.3) is 11.0 Å². The molecule has 16 heteroatoms.